The van der Waals surface area contributed by atoms with Crippen molar-refractivity contribution in [3.05, 3.63) is 144 Å². The van der Waals surface area contributed by atoms with Crippen molar-refractivity contribution >= 4 is 23.8 Å². The van der Waals surface area contributed by atoms with E-state index in [-0.39, 0.29) is 24.9 Å². The zero-order valence-corrected chi connectivity index (χ0v) is 32.6. The predicted octanol–water partition coefficient (Wildman–Crippen LogP) is 9.69. The molecule has 0 fully saturated rings. The zero-order chi connectivity index (χ0) is 39.5. The molecule has 0 saturated heterocycles. The maximum absolute atomic E-state index is 13.6. The van der Waals surface area contributed by atoms with Crippen molar-refractivity contribution in [2.75, 3.05) is 25.1 Å². The van der Waals surface area contributed by atoms with E-state index in [1.54, 1.807) is 0 Å². The molecule has 0 aliphatic heterocycles. The Morgan fingerprint density at radius 2 is 1.39 bits per heavy atom. The summed E-state index contributed by atoms with van der Waals surface area (Å²) in [5, 5.41) is 8.58. The number of aryl methyl sites for hydroxylation is 1. The number of benzene rings is 5. The molecule has 0 aromatic heterocycles. The molecule has 290 valence electrons. The summed E-state index contributed by atoms with van der Waals surface area (Å²) in [6.07, 6.45) is 1.60. The van der Waals surface area contributed by atoms with Crippen LogP contribution in [0.1, 0.15) is 68.7 Å². The maximum atomic E-state index is 13.6. The highest BCUT2D eigenvalue weighted by atomic mass is 16.6. The number of fused-ring (bicyclic) bond motifs is 3. The van der Waals surface area contributed by atoms with E-state index in [4.69, 9.17) is 14.2 Å². The first-order valence-electron chi connectivity index (χ1n) is 19.4. The SMILES string of the molecule is CCc1cc(OCCCCNC(=O)OC(C)(C)C)ccc1-c1ccc(C[C@H](NC(=O)OCC2c3ccccc3-c3ccccc32)C(=O)Nc2ccccc2)cc1. The molecule has 9 heteroatoms. The van der Waals surface area contributed by atoms with Crippen LogP contribution >= 0.6 is 0 Å². The number of ether oxygens (including phenoxy) is 3. The van der Waals surface area contributed by atoms with Crippen molar-refractivity contribution in [3.8, 4) is 28.0 Å². The minimum absolute atomic E-state index is 0.0919. The van der Waals surface area contributed by atoms with Crippen LogP contribution in [0.3, 0.4) is 0 Å². The van der Waals surface area contributed by atoms with Gasteiger partial charge in [0, 0.05) is 24.6 Å². The second kappa shape index (κ2) is 18.5. The van der Waals surface area contributed by atoms with Crippen molar-refractivity contribution in [1.82, 2.24) is 10.6 Å². The largest absolute Gasteiger partial charge is 0.494 e. The van der Waals surface area contributed by atoms with Gasteiger partial charge in [0.2, 0.25) is 5.91 Å². The number of amides is 3. The van der Waals surface area contributed by atoms with E-state index < -0.39 is 23.8 Å². The fourth-order valence-electron chi connectivity index (χ4n) is 6.95. The van der Waals surface area contributed by atoms with E-state index in [0.717, 1.165) is 69.5 Å². The van der Waals surface area contributed by atoms with Crippen LogP contribution in [0.15, 0.2) is 121 Å². The molecule has 56 heavy (non-hydrogen) atoms. The number of nitrogens with one attached hydrogen (secondary N) is 3. The topological polar surface area (TPSA) is 115 Å². The highest BCUT2D eigenvalue weighted by molar-refractivity contribution is 5.96. The molecule has 0 bridgehead atoms. The molecule has 0 radical (unpaired) electrons. The van der Waals surface area contributed by atoms with Crippen LogP contribution < -0.4 is 20.7 Å². The first-order chi connectivity index (χ1) is 27.1. The van der Waals surface area contributed by atoms with Crippen molar-refractivity contribution in [2.24, 2.45) is 0 Å². The van der Waals surface area contributed by atoms with Gasteiger partial charge in [0.25, 0.3) is 0 Å². The average molecular weight is 754 g/mol. The predicted molar refractivity (Wildman–Crippen MR) is 221 cm³/mol. The molecule has 0 unspecified atom stereocenters. The zero-order valence-electron chi connectivity index (χ0n) is 32.6. The van der Waals surface area contributed by atoms with Crippen LogP contribution in [0.4, 0.5) is 15.3 Å². The third kappa shape index (κ3) is 10.6. The summed E-state index contributed by atoms with van der Waals surface area (Å²) in [6.45, 7) is 8.85. The van der Waals surface area contributed by atoms with Crippen LogP contribution in [0, 0.1) is 0 Å². The average Bonchev–Trinajstić information content (AvgIpc) is 3.51. The Labute approximate surface area is 329 Å². The van der Waals surface area contributed by atoms with Gasteiger partial charge in [-0.25, -0.2) is 9.59 Å². The number of hydrogen-bond donors (Lipinski definition) is 3. The molecule has 0 saturated carbocycles. The van der Waals surface area contributed by atoms with E-state index in [2.05, 4.69) is 59.3 Å². The first-order valence-corrected chi connectivity index (χ1v) is 19.4. The monoisotopic (exact) mass is 753 g/mol. The second-order valence-electron chi connectivity index (χ2n) is 14.9. The van der Waals surface area contributed by atoms with E-state index >= 15 is 0 Å². The lowest BCUT2D eigenvalue weighted by Crippen LogP contribution is -2.45. The number of anilines is 1. The van der Waals surface area contributed by atoms with Crippen molar-refractivity contribution in [1.29, 1.82) is 0 Å². The van der Waals surface area contributed by atoms with Crippen LogP contribution in [-0.2, 0) is 27.1 Å². The van der Waals surface area contributed by atoms with Gasteiger partial charge in [0.15, 0.2) is 0 Å². The van der Waals surface area contributed by atoms with Crippen molar-refractivity contribution in [3.63, 3.8) is 0 Å². The molecule has 6 rings (SSSR count). The highest BCUT2D eigenvalue weighted by Crippen LogP contribution is 2.44. The Morgan fingerprint density at radius 3 is 2.05 bits per heavy atom. The quantitative estimate of drug-likeness (QED) is 0.0918. The lowest BCUT2D eigenvalue weighted by molar-refractivity contribution is -0.118. The van der Waals surface area contributed by atoms with Gasteiger partial charge in [0.05, 0.1) is 6.61 Å². The third-order valence-corrected chi connectivity index (χ3v) is 9.66. The molecular formula is C47H51N3O6. The lowest BCUT2D eigenvalue weighted by atomic mass is 9.95. The number of unbranched alkanes of at least 4 members (excludes halogenated alkanes) is 1. The van der Waals surface area contributed by atoms with E-state index in [1.165, 1.54) is 0 Å². The van der Waals surface area contributed by atoms with Gasteiger partial charge in [-0.15, -0.1) is 0 Å². The van der Waals surface area contributed by atoms with Crippen molar-refractivity contribution < 1.29 is 28.6 Å². The Hall–Kier alpha value is -6.09. The highest BCUT2D eigenvalue weighted by Gasteiger charge is 2.30. The van der Waals surface area contributed by atoms with E-state index in [9.17, 15) is 14.4 Å². The third-order valence-electron chi connectivity index (χ3n) is 9.66. The van der Waals surface area contributed by atoms with Gasteiger partial charge >= 0.3 is 12.2 Å². The number of carbonyl (C=O) groups is 3. The number of para-hydroxylation sites is 1. The van der Waals surface area contributed by atoms with Crippen LogP contribution in [0.2, 0.25) is 0 Å². The van der Waals surface area contributed by atoms with Gasteiger partial charge in [-0.05, 0) is 109 Å². The molecule has 5 aromatic rings. The Bertz CT molecular complexity index is 2060. The summed E-state index contributed by atoms with van der Waals surface area (Å²) in [4.78, 5) is 38.8. The number of rotatable bonds is 15. The molecule has 3 N–H and O–H groups in total. The minimum Gasteiger partial charge on any atom is -0.494 e. The summed E-state index contributed by atoms with van der Waals surface area (Å²) in [5.41, 5.74) is 8.84. The van der Waals surface area contributed by atoms with Gasteiger partial charge in [-0.1, -0.05) is 104 Å². The fraction of sp³-hybridized carbons (Fsp3) is 0.298. The smallest absolute Gasteiger partial charge is 0.407 e. The van der Waals surface area contributed by atoms with Gasteiger partial charge in [0.1, 0.15) is 24.0 Å². The minimum atomic E-state index is -0.882. The van der Waals surface area contributed by atoms with Crippen LogP contribution in [-0.4, -0.2) is 49.5 Å². The van der Waals surface area contributed by atoms with Gasteiger partial charge in [-0.2, -0.15) is 0 Å². The summed E-state index contributed by atoms with van der Waals surface area (Å²) in [5.74, 6) is 0.372. The molecule has 1 aliphatic rings. The van der Waals surface area contributed by atoms with Gasteiger partial charge < -0.3 is 30.2 Å². The Balaban J connectivity index is 1.07. The number of carbonyl (C=O) groups excluding carboxylic acids is 3. The van der Waals surface area contributed by atoms with Crippen LogP contribution in [0.5, 0.6) is 5.75 Å². The molecule has 1 aliphatic carbocycles. The molecular weight excluding hydrogens is 703 g/mol. The summed E-state index contributed by atoms with van der Waals surface area (Å²) in [7, 11) is 0. The molecule has 3 amide bonds. The van der Waals surface area contributed by atoms with E-state index in [0.29, 0.717) is 18.8 Å². The number of alkyl carbamates (subject to hydrolysis) is 2. The fourth-order valence-corrected chi connectivity index (χ4v) is 6.95. The lowest BCUT2D eigenvalue weighted by Gasteiger charge is -2.20. The normalized spacial score (nSPS) is 12.5. The summed E-state index contributed by atoms with van der Waals surface area (Å²) >= 11 is 0. The van der Waals surface area contributed by atoms with Crippen molar-refractivity contribution in [2.45, 2.75) is 70.9 Å². The standard InChI is InChI=1S/C47H51N3O6/c1-5-33-30-36(54-28-14-13-27-48-45(52)56-47(2,3)4)25-26-37(33)34-23-21-32(22-24-34)29-43(44(51)49-35-15-7-6-8-16-35)50-46(53)55-31-42-40-19-11-9-17-38(40)39-18-10-12-20-41(39)42/h6-12,15-26,30,42-43H,5,13-14,27-29,31H2,1-4H3,(H,48,52)(H,49,51)(H,50,53)/t43-/m0/s1. The Kier molecular flexibility index (Phi) is 13.1. The van der Waals surface area contributed by atoms with Gasteiger partial charge in [-0.3, -0.25) is 4.79 Å². The molecule has 0 spiro atoms. The summed E-state index contributed by atoms with van der Waals surface area (Å²) in [6, 6.07) is 38.9. The molecule has 9 nitrogen and oxygen atoms in total. The summed E-state index contributed by atoms with van der Waals surface area (Å²) < 4.78 is 17.1. The van der Waals surface area contributed by atoms with E-state index in [1.807, 2.05) is 106 Å². The molecule has 0 heterocycles. The maximum Gasteiger partial charge on any atom is 0.407 e. The van der Waals surface area contributed by atoms with Crippen LogP contribution in [0.25, 0.3) is 22.3 Å². The Morgan fingerprint density at radius 1 is 0.732 bits per heavy atom. The number of hydrogen-bond acceptors (Lipinski definition) is 6. The molecule has 5 aromatic carbocycles. The first kappa shape index (κ1) is 39.6. The molecule has 1 atom stereocenters. The second-order valence-corrected chi connectivity index (χ2v) is 14.9.